The number of nitrogens with zero attached hydrogens (tertiary/aromatic N) is 2. The molecule has 2 aromatic rings. The zero-order valence-corrected chi connectivity index (χ0v) is 19.2. The van der Waals surface area contributed by atoms with Gasteiger partial charge in [-0.1, -0.05) is 41.9 Å². The Morgan fingerprint density at radius 2 is 1.96 bits per heavy atom. The molecule has 0 saturated heterocycles. The molecule has 1 amide bonds. The van der Waals surface area contributed by atoms with Crippen molar-refractivity contribution in [2.75, 3.05) is 6.26 Å². The summed E-state index contributed by atoms with van der Waals surface area (Å²) >= 11 is 6.96. The number of amides is 1. The van der Waals surface area contributed by atoms with Gasteiger partial charge in [0.15, 0.2) is 0 Å². The van der Waals surface area contributed by atoms with Crippen LogP contribution in [0.4, 0.5) is 0 Å². The third-order valence-electron chi connectivity index (χ3n) is 4.08. The highest BCUT2D eigenvalue weighted by molar-refractivity contribution is 8.32. The van der Waals surface area contributed by atoms with Crippen LogP contribution in [0, 0.1) is 6.92 Å². The first-order chi connectivity index (χ1) is 13.4. The fraction of sp³-hybridized carbons (Fsp3) is 0.211. The Morgan fingerprint density at radius 3 is 2.54 bits per heavy atom. The second-order valence-corrected chi connectivity index (χ2v) is 10.1. The molecule has 0 aliphatic carbocycles. The van der Waals surface area contributed by atoms with Crippen LogP contribution in [0.3, 0.4) is 0 Å². The fourth-order valence-electron chi connectivity index (χ4n) is 2.46. The van der Waals surface area contributed by atoms with E-state index in [9.17, 15) is 4.79 Å². The third kappa shape index (κ3) is 4.53. The van der Waals surface area contributed by atoms with Gasteiger partial charge in [0.2, 0.25) is 6.41 Å². The van der Waals surface area contributed by atoms with Gasteiger partial charge in [-0.15, -0.1) is 11.8 Å². The Balaban J connectivity index is 1.92. The van der Waals surface area contributed by atoms with Gasteiger partial charge in [-0.05, 0) is 50.1 Å². The van der Waals surface area contributed by atoms with Crippen molar-refractivity contribution < 1.29 is 4.79 Å². The molecule has 5 nitrogen and oxygen atoms in total. The number of hydrogen-bond acceptors (Lipinski definition) is 7. The molecule has 3 rings (SSSR count). The number of allylic oxidation sites excluding steroid dienone is 1. The van der Waals surface area contributed by atoms with Crippen LogP contribution in [0.1, 0.15) is 19.5 Å². The normalized spacial score (nSPS) is 16.3. The quantitative estimate of drug-likeness (QED) is 0.302. The highest BCUT2D eigenvalue weighted by atomic mass is 32.2. The topological polar surface area (TPSA) is 70.1 Å². The second-order valence-electron chi connectivity index (χ2n) is 5.97. The number of carbonyl (C=O) groups is 1. The number of fused-ring (bicyclic) bond motifs is 1. The maximum atomic E-state index is 10.4. The average molecular weight is 449 g/mol. The number of aromatic nitrogens is 2. The number of hydrogen-bond donors (Lipinski definition) is 2. The van der Waals surface area contributed by atoms with E-state index in [0.29, 0.717) is 6.41 Å². The minimum absolute atomic E-state index is 0.568. The van der Waals surface area contributed by atoms with Crippen molar-refractivity contribution in [3.63, 3.8) is 0 Å². The smallest absolute Gasteiger partial charge is 0.227 e. The van der Waals surface area contributed by atoms with Gasteiger partial charge >= 0.3 is 0 Å². The van der Waals surface area contributed by atoms with E-state index in [1.165, 1.54) is 23.8 Å². The number of benzene rings is 1. The van der Waals surface area contributed by atoms with Crippen molar-refractivity contribution >= 4 is 70.0 Å². The van der Waals surface area contributed by atoms with Gasteiger partial charge in [-0.2, -0.15) is 10.2 Å². The lowest BCUT2D eigenvalue weighted by atomic mass is 10.2. The molecule has 2 N–H and O–H groups in total. The predicted molar refractivity (Wildman–Crippen MR) is 123 cm³/mol. The molecule has 1 aliphatic rings. The first-order valence-electron chi connectivity index (χ1n) is 8.33. The lowest BCUT2D eigenvalue weighted by Crippen LogP contribution is -2.23. The van der Waals surface area contributed by atoms with E-state index in [1.54, 1.807) is 47.0 Å². The molecule has 9 heteroatoms. The summed E-state index contributed by atoms with van der Waals surface area (Å²) in [5, 5.41) is 15.3. The number of aromatic amines is 1. The highest BCUT2D eigenvalue weighted by Gasteiger charge is 2.22. The van der Waals surface area contributed by atoms with Gasteiger partial charge < -0.3 is 0 Å². The predicted octanol–water partition coefficient (Wildman–Crippen LogP) is 3.93. The van der Waals surface area contributed by atoms with E-state index >= 15 is 0 Å². The van der Waals surface area contributed by atoms with Crippen LogP contribution in [0.2, 0.25) is 0 Å². The van der Waals surface area contributed by atoms with E-state index in [1.807, 2.05) is 20.8 Å². The van der Waals surface area contributed by atoms with E-state index in [2.05, 4.69) is 51.1 Å². The average Bonchev–Trinajstić information content (AvgIpc) is 3.24. The maximum absolute atomic E-state index is 10.4. The number of H-pyrrole nitrogens is 1. The fourth-order valence-corrected chi connectivity index (χ4v) is 7.11. The van der Waals surface area contributed by atoms with E-state index in [4.69, 9.17) is 0 Å². The van der Waals surface area contributed by atoms with Crippen molar-refractivity contribution in [2.24, 2.45) is 5.10 Å². The Hall–Kier alpha value is -1.55. The first-order valence-corrected chi connectivity index (χ1v) is 12.1. The Labute approximate surface area is 181 Å². The van der Waals surface area contributed by atoms with Gasteiger partial charge in [0, 0.05) is 24.8 Å². The number of aryl methyl sites for hydroxylation is 1. The molecule has 1 aromatic carbocycles. The van der Waals surface area contributed by atoms with Crippen LogP contribution in [0.15, 0.2) is 47.8 Å². The Bertz CT molecular complexity index is 1090. The maximum Gasteiger partial charge on any atom is 0.227 e. The number of nitrogens with one attached hydrogen (secondary N) is 2. The molecule has 0 bridgehead atoms. The summed E-state index contributed by atoms with van der Waals surface area (Å²) in [6, 6.07) is 4.50. The van der Waals surface area contributed by atoms with E-state index in [-0.39, 0.29) is 0 Å². The number of hydrazone groups is 1. The van der Waals surface area contributed by atoms with Crippen LogP contribution < -0.4 is 16.0 Å². The monoisotopic (exact) mass is 448 g/mol. The molecule has 0 atom stereocenters. The molecule has 1 aromatic heterocycles. The van der Waals surface area contributed by atoms with Crippen LogP contribution in [0.25, 0.3) is 10.8 Å². The van der Waals surface area contributed by atoms with Gasteiger partial charge in [0.05, 0.1) is 21.0 Å². The molecular weight excluding hydrogens is 429 g/mol. The van der Waals surface area contributed by atoms with Crippen molar-refractivity contribution in [1.29, 1.82) is 0 Å². The largest absolute Gasteiger partial charge is 0.278 e. The highest BCUT2D eigenvalue weighted by Crippen LogP contribution is 2.53. The standard InChI is InChI=1S/C19H20N4OS4/c1-10(11(2)21-20-9-24)8-26-15-7-17-16(6-14(15)25-5)27-19(28-17)18-12(3)22-23-13(18)4/h6-9,22H,3H2,1-2,4-5H3,(H,20,24)/b10-8+,19-18-,21-11-. The molecular formula is C19H20N4OS4. The molecule has 0 saturated carbocycles. The summed E-state index contributed by atoms with van der Waals surface area (Å²) in [4.78, 5) is 15.4. The summed E-state index contributed by atoms with van der Waals surface area (Å²) in [5.74, 6) is 0. The lowest BCUT2D eigenvalue weighted by molar-refractivity contribution is -0.109. The molecule has 1 aliphatic heterocycles. The van der Waals surface area contributed by atoms with Crippen molar-refractivity contribution in [1.82, 2.24) is 15.6 Å². The zero-order valence-electron chi connectivity index (χ0n) is 16.0. The summed E-state index contributed by atoms with van der Waals surface area (Å²) in [7, 11) is 0. The van der Waals surface area contributed by atoms with Crippen LogP contribution in [-0.4, -0.2) is 28.6 Å². The van der Waals surface area contributed by atoms with E-state index in [0.717, 1.165) is 27.5 Å². The first kappa shape index (κ1) is 21.2. The SMILES string of the molecule is C=c1[nH]nc(C)/c1=C1/Sc2cc(SC)c(S/C=C(C)/C(C)=N\NC=O)cc2S1. The summed E-state index contributed by atoms with van der Waals surface area (Å²) in [6.45, 7) is 9.93. The molecule has 0 spiro atoms. The van der Waals surface area contributed by atoms with Crippen molar-refractivity contribution in [2.45, 2.75) is 40.4 Å². The molecule has 0 radical (unpaired) electrons. The van der Waals surface area contributed by atoms with Gasteiger partial charge in [0.25, 0.3) is 0 Å². The van der Waals surface area contributed by atoms with Crippen molar-refractivity contribution in [3.8, 4) is 0 Å². The van der Waals surface area contributed by atoms with Crippen molar-refractivity contribution in [3.05, 3.63) is 39.4 Å². The van der Waals surface area contributed by atoms with Crippen LogP contribution in [-0.2, 0) is 4.79 Å². The number of thioether (sulfide) groups is 4. The third-order valence-corrected chi connectivity index (χ3v) is 8.57. The summed E-state index contributed by atoms with van der Waals surface area (Å²) in [6.07, 6.45) is 2.66. The number of rotatable bonds is 6. The summed E-state index contributed by atoms with van der Waals surface area (Å²) in [5.41, 5.74) is 5.11. The van der Waals surface area contributed by atoms with Gasteiger partial charge in [-0.25, -0.2) is 5.43 Å². The van der Waals surface area contributed by atoms with Gasteiger partial charge in [0.1, 0.15) is 0 Å². The minimum Gasteiger partial charge on any atom is -0.278 e. The van der Waals surface area contributed by atoms with Crippen LogP contribution in [0.5, 0.6) is 0 Å². The summed E-state index contributed by atoms with van der Waals surface area (Å²) < 4.78 is 1.22. The minimum atomic E-state index is 0.568. The second kappa shape index (κ2) is 9.30. The Kier molecular flexibility index (Phi) is 7.03. The molecule has 2 heterocycles. The van der Waals surface area contributed by atoms with Crippen LogP contribution >= 0.6 is 47.0 Å². The lowest BCUT2D eigenvalue weighted by Gasteiger charge is -2.08. The molecule has 146 valence electrons. The number of carbonyl (C=O) groups excluding carboxylic acids is 1. The van der Waals surface area contributed by atoms with E-state index < -0.39 is 0 Å². The Morgan fingerprint density at radius 1 is 1.29 bits per heavy atom. The molecule has 0 unspecified atom stereocenters. The zero-order chi connectivity index (χ0) is 20.3. The van der Waals surface area contributed by atoms with Gasteiger partial charge in [-0.3, -0.25) is 9.89 Å². The molecule has 28 heavy (non-hydrogen) atoms. The molecule has 0 fully saturated rings.